The Bertz CT molecular complexity index is 866. The summed E-state index contributed by atoms with van der Waals surface area (Å²) in [6, 6.07) is 11.7. The molecule has 2 aromatic rings. The van der Waals surface area contributed by atoms with E-state index in [2.05, 4.69) is 0 Å². The molecule has 7 heteroatoms. The van der Waals surface area contributed by atoms with E-state index in [0.29, 0.717) is 25.2 Å². The van der Waals surface area contributed by atoms with Gasteiger partial charge in [-0.3, -0.25) is 0 Å². The molecule has 3 N–H and O–H groups in total. The summed E-state index contributed by atoms with van der Waals surface area (Å²) in [6.07, 6.45) is -5.09. The maximum Gasteiger partial charge on any atom is 0.186 e. The average molecular weight is 402 g/mol. The summed E-state index contributed by atoms with van der Waals surface area (Å²) in [5, 5.41) is 30.6. The average Bonchev–Trinajstić information content (AvgIpc) is 2.74. The number of aliphatic hydroxyl groups excluding tert-OH is 3. The predicted molar refractivity (Wildman–Crippen MR) is 104 cm³/mol. The van der Waals surface area contributed by atoms with Crippen LogP contribution in [0.1, 0.15) is 28.4 Å². The van der Waals surface area contributed by atoms with E-state index < -0.39 is 30.7 Å². The van der Waals surface area contributed by atoms with Crippen molar-refractivity contribution in [3.05, 3.63) is 58.7 Å². The van der Waals surface area contributed by atoms with Crippen LogP contribution in [-0.2, 0) is 15.9 Å². The first-order valence-electron chi connectivity index (χ1n) is 9.68. The van der Waals surface area contributed by atoms with Gasteiger partial charge in [-0.15, -0.1) is 0 Å². The van der Waals surface area contributed by atoms with Gasteiger partial charge in [0.25, 0.3) is 0 Å². The number of ether oxygens (including phenoxy) is 4. The number of fused-ring (bicyclic) bond motifs is 1. The predicted octanol–water partition coefficient (Wildman–Crippen LogP) is 1.48. The van der Waals surface area contributed by atoms with Crippen LogP contribution in [0.2, 0.25) is 0 Å². The number of aryl methyl sites for hydroxylation is 1. The number of methoxy groups -OCH3 is 1. The van der Waals surface area contributed by atoms with Crippen molar-refractivity contribution in [2.45, 2.75) is 44.1 Å². The molecular weight excluding hydrogens is 376 g/mol. The van der Waals surface area contributed by atoms with Crippen molar-refractivity contribution in [2.75, 3.05) is 20.3 Å². The molecule has 2 aliphatic heterocycles. The van der Waals surface area contributed by atoms with E-state index >= 15 is 0 Å². The first kappa shape index (κ1) is 20.1. The summed E-state index contributed by atoms with van der Waals surface area (Å²) >= 11 is 0. The van der Waals surface area contributed by atoms with E-state index in [1.807, 2.05) is 43.3 Å². The van der Waals surface area contributed by atoms with Crippen molar-refractivity contribution in [3.8, 4) is 11.5 Å². The van der Waals surface area contributed by atoms with Crippen LogP contribution in [0.15, 0.2) is 36.4 Å². The van der Waals surface area contributed by atoms with Crippen molar-refractivity contribution in [1.82, 2.24) is 0 Å². The quantitative estimate of drug-likeness (QED) is 0.713. The van der Waals surface area contributed by atoms with Crippen molar-refractivity contribution in [2.24, 2.45) is 0 Å². The molecule has 0 saturated carbocycles. The molecule has 2 aliphatic rings. The minimum absolute atomic E-state index is 0.538. The lowest BCUT2D eigenvalue weighted by atomic mass is 9.90. The Labute approximate surface area is 169 Å². The van der Waals surface area contributed by atoms with Gasteiger partial charge in [-0.2, -0.15) is 0 Å². The van der Waals surface area contributed by atoms with E-state index in [0.717, 1.165) is 28.2 Å². The summed E-state index contributed by atoms with van der Waals surface area (Å²) in [5.74, 6) is 1.50. The Kier molecular flexibility index (Phi) is 5.76. The molecule has 0 bridgehead atoms. The van der Waals surface area contributed by atoms with Crippen LogP contribution in [-0.4, -0.2) is 60.2 Å². The lowest BCUT2D eigenvalue weighted by Crippen LogP contribution is -2.54. The summed E-state index contributed by atoms with van der Waals surface area (Å²) in [4.78, 5) is 0. The van der Waals surface area contributed by atoms with Crippen LogP contribution < -0.4 is 9.47 Å². The van der Waals surface area contributed by atoms with Gasteiger partial charge in [0.15, 0.2) is 17.8 Å². The van der Waals surface area contributed by atoms with Gasteiger partial charge in [0, 0.05) is 7.11 Å². The van der Waals surface area contributed by atoms with Crippen molar-refractivity contribution in [1.29, 1.82) is 0 Å². The highest BCUT2D eigenvalue weighted by molar-refractivity contribution is 5.46. The second-order valence-electron chi connectivity index (χ2n) is 7.47. The standard InChI is InChI=1S/C22H26O7/c1-12-3-5-14(21-19(24)18(23)20(25)22(26-2)29-21)11-15(12)9-13-4-6-16-17(10-13)28-8-7-27-16/h3-6,10-11,18-25H,7-9H2,1-2H3/t18-,19-,20+,21+,22+/m1/s1. The van der Waals surface area contributed by atoms with E-state index in [1.165, 1.54) is 7.11 Å². The number of aliphatic hydroxyl groups is 3. The second-order valence-corrected chi connectivity index (χ2v) is 7.47. The minimum Gasteiger partial charge on any atom is -0.486 e. The fraction of sp³-hybridized carbons (Fsp3) is 0.455. The van der Waals surface area contributed by atoms with Crippen LogP contribution in [0.3, 0.4) is 0 Å². The number of hydrogen-bond donors (Lipinski definition) is 3. The van der Waals surface area contributed by atoms with Gasteiger partial charge in [0.2, 0.25) is 0 Å². The Morgan fingerprint density at radius 1 is 0.931 bits per heavy atom. The monoisotopic (exact) mass is 402 g/mol. The minimum atomic E-state index is -1.36. The first-order chi connectivity index (χ1) is 14.0. The molecule has 2 heterocycles. The molecule has 0 aromatic heterocycles. The van der Waals surface area contributed by atoms with E-state index in [9.17, 15) is 15.3 Å². The fourth-order valence-electron chi connectivity index (χ4n) is 3.79. The largest absolute Gasteiger partial charge is 0.486 e. The SMILES string of the molecule is CO[C@H]1O[C@@H](c2ccc(C)c(Cc3ccc4c(c3)OCCO4)c2)[C@H](O)[C@@H](O)[C@@H]1O. The normalized spacial score (nSPS) is 28.9. The maximum absolute atomic E-state index is 10.4. The van der Waals surface area contributed by atoms with Crippen LogP contribution in [0.5, 0.6) is 11.5 Å². The van der Waals surface area contributed by atoms with E-state index in [1.54, 1.807) is 0 Å². The zero-order valence-electron chi connectivity index (χ0n) is 16.4. The third kappa shape index (κ3) is 3.97. The summed E-state index contributed by atoms with van der Waals surface area (Å²) in [5.41, 5.74) is 3.94. The zero-order valence-corrected chi connectivity index (χ0v) is 16.4. The number of rotatable bonds is 4. The lowest BCUT2D eigenvalue weighted by molar-refractivity contribution is -0.292. The topological polar surface area (TPSA) is 97.6 Å². The molecule has 2 aromatic carbocycles. The Balaban J connectivity index is 1.59. The van der Waals surface area contributed by atoms with Crippen molar-refractivity contribution < 1.29 is 34.3 Å². The maximum atomic E-state index is 10.4. The number of benzene rings is 2. The van der Waals surface area contributed by atoms with Gasteiger partial charge in [0.05, 0.1) is 0 Å². The van der Waals surface area contributed by atoms with Gasteiger partial charge in [0.1, 0.15) is 37.6 Å². The van der Waals surface area contributed by atoms with Crippen LogP contribution >= 0.6 is 0 Å². The van der Waals surface area contributed by atoms with Gasteiger partial charge < -0.3 is 34.3 Å². The lowest BCUT2D eigenvalue weighted by Gasteiger charge is -2.40. The third-order valence-corrected chi connectivity index (χ3v) is 5.50. The Morgan fingerprint density at radius 2 is 1.69 bits per heavy atom. The van der Waals surface area contributed by atoms with Gasteiger partial charge in [-0.1, -0.05) is 24.3 Å². The Hall–Kier alpha value is -2.16. The van der Waals surface area contributed by atoms with Crippen molar-refractivity contribution in [3.63, 3.8) is 0 Å². The van der Waals surface area contributed by atoms with Crippen LogP contribution in [0.25, 0.3) is 0 Å². The van der Waals surface area contributed by atoms with Gasteiger partial charge in [-0.05, 0) is 47.7 Å². The highest BCUT2D eigenvalue weighted by Gasteiger charge is 2.44. The van der Waals surface area contributed by atoms with Gasteiger partial charge >= 0.3 is 0 Å². The second kappa shape index (κ2) is 8.30. The highest BCUT2D eigenvalue weighted by atomic mass is 16.7. The summed E-state index contributed by atoms with van der Waals surface area (Å²) in [6.45, 7) is 3.11. The molecule has 0 spiro atoms. The smallest absolute Gasteiger partial charge is 0.186 e. The summed E-state index contributed by atoms with van der Waals surface area (Å²) in [7, 11) is 1.39. The van der Waals surface area contributed by atoms with E-state index in [4.69, 9.17) is 18.9 Å². The van der Waals surface area contributed by atoms with Gasteiger partial charge in [-0.25, -0.2) is 0 Å². The first-order valence-corrected chi connectivity index (χ1v) is 9.68. The molecule has 0 amide bonds. The molecule has 0 unspecified atom stereocenters. The number of hydrogen-bond acceptors (Lipinski definition) is 7. The molecule has 0 radical (unpaired) electrons. The molecule has 156 valence electrons. The van der Waals surface area contributed by atoms with Crippen molar-refractivity contribution >= 4 is 0 Å². The fourth-order valence-corrected chi connectivity index (χ4v) is 3.79. The van der Waals surface area contributed by atoms with E-state index in [-0.39, 0.29) is 0 Å². The molecular formula is C22H26O7. The molecule has 1 fully saturated rings. The molecule has 0 aliphatic carbocycles. The van der Waals surface area contributed by atoms with Crippen LogP contribution in [0, 0.1) is 6.92 Å². The molecule has 7 nitrogen and oxygen atoms in total. The highest BCUT2D eigenvalue weighted by Crippen LogP contribution is 2.35. The molecule has 5 atom stereocenters. The zero-order chi connectivity index (χ0) is 20.5. The molecule has 4 rings (SSSR count). The molecule has 29 heavy (non-hydrogen) atoms. The Morgan fingerprint density at radius 3 is 2.45 bits per heavy atom. The third-order valence-electron chi connectivity index (χ3n) is 5.50. The van der Waals surface area contributed by atoms with Crippen LogP contribution in [0.4, 0.5) is 0 Å². The molecule has 1 saturated heterocycles. The summed E-state index contributed by atoms with van der Waals surface area (Å²) < 4.78 is 22.1.